The molecule has 0 aliphatic heterocycles. The molecule has 1 aromatic heterocycles. The minimum absolute atomic E-state index is 0.129. The monoisotopic (exact) mass is 212 g/mol. The summed E-state index contributed by atoms with van der Waals surface area (Å²) in [7, 11) is 2.07. The molecule has 0 amide bonds. The Morgan fingerprint density at radius 1 is 1.60 bits per heavy atom. The van der Waals surface area contributed by atoms with E-state index in [0.29, 0.717) is 6.54 Å². The van der Waals surface area contributed by atoms with Gasteiger partial charge in [-0.05, 0) is 26.6 Å². The third kappa shape index (κ3) is 4.42. The molecule has 5 nitrogen and oxygen atoms in total. The summed E-state index contributed by atoms with van der Waals surface area (Å²) in [5.74, 6) is 0. The lowest BCUT2D eigenvalue weighted by atomic mass is 10.3. The van der Waals surface area contributed by atoms with Gasteiger partial charge in [0.2, 0.25) is 0 Å². The van der Waals surface area contributed by atoms with Crippen LogP contribution in [0.4, 0.5) is 0 Å². The van der Waals surface area contributed by atoms with E-state index in [9.17, 15) is 0 Å². The van der Waals surface area contributed by atoms with Gasteiger partial charge in [-0.1, -0.05) is 0 Å². The third-order valence-corrected chi connectivity index (χ3v) is 2.21. The van der Waals surface area contributed by atoms with Crippen molar-refractivity contribution in [3.8, 4) is 0 Å². The normalized spacial score (nSPS) is 11.2. The van der Waals surface area contributed by atoms with E-state index in [1.165, 1.54) is 5.56 Å². The maximum Gasteiger partial charge on any atom is 0.0640 e. The Kier molecular flexibility index (Phi) is 5.31. The average Bonchev–Trinajstić information content (AvgIpc) is 2.63. The van der Waals surface area contributed by atoms with E-state index in [1.54, 1.807) is 4.68 Å². The molecule has 0 atom stereocenters. The second kappa shape index (κ2) is 6.55. The van der Waals surface area contributed by atoms with Crippen molar-refractivity contribution >= 4 is 0 Å². The van der Waals surface area contributed by atoms with Crippen LogP contribution in [0.15, 0.2) is 12.4 Å². The van der Waals surface area contributed by atoms with Gasteiger partial charge in [0, 0.05) is 18.3 Å². The molecule has 0 aromatic carbocycles. The number of nitrogens with two attached hydrogens (primary N) is 1. The number of aliphatic hydroxyl groups is 1. The second-order valence-corrected chi connectivity index (χ2v) is 3.72. The van der Waals surface area contributed by atoms with E-state index < -0.39 is 0 Å². The van der Waals surface area contributed by atoms with Crippen LogP contribution >= 0.6 is 0 Å². The molecule has 0 radical (unpaired) electrons. The van der Waals surface area contributed by atoms with Crippen molar-refractivity contribution in [1.82, 2.24) is 14.7 Å². The Morgan fingerprint density at radius 3 is 3.07 bits per heavy atom. The van der Waals surface area contributed by atoms with Gasteiger partial charge in [0.1, 0.15) is 0 Å². The van der Waals surface area contributed by atoms with E-state index in [-0.39, 0.29) is 6.61 Å². The molecule has 0 bridgehead atoms. The highest BCUT2D eigenvalue weighted by molar-refractivity contribution is 5.03. The van der Waals surface area contributed by atoms with Crippen molar-refractivity contribution in [2.45, 2.75) is 19.5 Å². The molecule has 0 aliphatic rings. The Bertz CT molecular complexity index is 274. The molecule has 1 rings (SSSR count). The summed E-state index contributed by atoms with van der Waals surface area (Å²) < 4.78 is 1.76. The van der Waals surface area contributed by atoms with Gasteiger partial charge in [-0.25, -0.2) is 0 Å². The highest BCUT2D eigenvalue weighted by Gasteiger charge is 2.02. The lowest BCUT2D eigenvalue weighted by molar-refractivity contribution is 0.269. The number of rotatable bonds is 7. The highest BCUT2D eigenvalue weighted by Crippen LogP contribution is 2.02. The van der Waals surface area contributed by atoms with Crippen LogP contribution < -0.4 is 5.73 Å². The molecule has 0 saturated heterocycles. The summed E-state index contributed by atoms with van der Waals surface area (Å²) in [5, 5.41) is 12.9. The van der Waals surface area contributed by atoms with Crippen molar-refractivity contribution in [1.29, 1.82) is 0 Å². The SMILES string of the molecule is CN(CCCN)Cc1cnn(CCO)c1. The summed E-state index contributed by atoms with van der Waals surface area (Å²) in [6.45, 7) is 3.30. The molecular formula is C10H20N4O. The van der Waals surface area contributed by atoms with Crippen molar-refractivity contribution in [3.05, 3.63) is 18.0 Å². The summed E-state index contributed by atoms with van der Waals surface area (Å²) in [6, 6.07) is 0. The molecule has 0 saturated carbocycles. The zero-order chi connectivity index (χ0) is 11.1. The predicted molar refractivity (Wildman–Crippen MR) is 59.3 cm³/mol. The first-order valence-corrected chi connectivity index (χ1v) is 5.27. The zero-order valence-corrected chi connectivity index (χ0v) is 9.26. The highest BCUT2D eigenvalue weighted by atomic mass is 16.3. The Morgan fingerprint density at radius 2 is 2.40 bits per heavy atom. The van der Waals surface area contributed by atoms with Crippen molar-refractivity contribution in [2.24, 2.45) is 5.73 Å². The van der Waals surface area contributed by atoms with Crippen LogP contribution in [-0.2, 0) is 13.1 Å². The van der Waals surface area contributed by atoms with Crippen LogP contribution in [0, 0.1) is 0 Å². The molecule has 0 unspecified atom stereocenters. The zero-order valence-electron chi connectivity index (χ0n) is 9.26. The first-order chi connectivity index (χ1) is 7.26. The van der Waals surface area contributed by atoms with E-state index >= 15 is 0 Å². The van der Waals surface area contributed by atoms with Crippen molar-refractivity contribution < 1.29 is 5.11 Å². The molecule has 86 valence electrons. The van der Waals surface area contributed by atoms with Gasteiger partial charge in [0.15, 0.2) is 0 Å². The van der Waals surface area contributed by atoms with Gasteiger partial charge in [0.05, 0.1) is 19.3 Å². The summed E-state index contributed by atoms with van der Waals surface area (Å²) >= 11 is 0. The van der Waals surface area contributed by atoms with Gasteiger partial charge in [-0.2, -0.15) is 5.10 Å². The van der Waals surface area contributed by atoms with Crippen LogP contribution in [0.25, 0.3) is 0 Å². The van der Waals surface area contributed by atoms with Gasteiger partial charge in [-0.3, -0.25) is 4.68 Å². The molecule has 1 heterocycles. The Labute approximate surface area is 90.5 Å². The summed E-state index contributed by atoms with van der Waals surface area (Å²) in [6.07, 6.45) is 4.82. The first-order valence-electron chi connectivity index (χ1n) is 5.27. The molecule has 3 N–H and O–H groups in total. The fraction of sp³-hybridized carbons (Fsp3) is 0.700. The Hall–Kier alpha value is -0.910. The largest absolute Gasteiger partial charge is 0.394 e. The lowest BCUT2D eigenvalue weighted by Gasteiger charge is -2.14. The minimum atomic E-state index is 0.129. The fourth-order valence-corrected chi connectivity index (χ4v) is 1.46. The minimum Gasteiger partial charge on any atom is -0.394 e. The Balaban J connectivity index is 2.35. The van der Waals surface area contributed by atoms with Gasteiger partial charge >= 0.3 is 0 Å². The van der Waals surface area contributed by atoms with Crippen LogP contribution in [-0.4, -0.2) is 46.5 Å². The first kappa shape index (κ1) is 12.2. The molecule has 0 fully saturated rings. The predicted octanol–water partition coefficient (Wildman–Crippen LogP) is -0.344. The summed E-state index contributed by atoms with van der Waals surface area (Å²) in [5.41, 5.74) is 6.61. The molecule has 0 aliphatic carbocycles. The molecule has 0 spiro atoms. The molecular weight excluding hydrogens is 192 g/mol. The van der Waals surface area contributed by atoms with Gasteiger partial charge in [0.25, 0.3) is 0 Å². The van der Waals surface area contributed by atoms with Gasteiger partial charge < -0.3 is 15.7 Å². The van der Waals surface area contributed by atoms with Crippen LogP contribution in [0.3, 0.4) is 0 Å². The van der Waals surface area contributed by atoms with Crippen LogP contribution in [0.5, 0.6) is 0 Å². The standard InChI is InChI=1S/C10H20N4O/c1-13(4-2-3-11)8-10-7-12-14(9-10)5-6-15/h7,9,15H,2-6,8,11H2,1H3. The molecule has 1 aromatic rings. The number of nitrogens with zero attached hydrogens (tertiary/aromatic N) is 3. The average molecular weight is 212 g/mol. The van der Waals surface area contributed by atoms with Crippen molar-refractivity contribution in [2.75, 3.05) is 26.7 Å². The van der Waals surface area contributed by atoms with E-state index in [4.69, 9.17) is 10.8 Å². The van der Waals surface area contributed by atoms with E-state index in [1.807, 2.05) is 12.4 Å². The second-order valence-electron chi connectivity index (χ2n) is 3.72. The maximum atomic E-state index is 8.74. The lowest BCUT2D eigenvalue weighted by Crippen LogP contribution is -2.21. The molecule has 15 heavy (non-hydrogen) atoms. The van der Waals surface area contributed by atoms with E-state index in [0.717, 1.165) is 26.1 Å². The topological polar surface area (TPSA) is 67.3 Å². The number of hydrogen-bond acceptors (Lipinski definition) is 4. The maximum absolute atomic E-state index is 8.74. The van der Waals surface area contributed by atoms with Gasteiger partial charge in [-0.15, -0.1) is 0 Å². The van der Waals surface area contributed by atoms with Crippen molar-refractivity contribution in [3.63, 3.8) is 0 Å². The third-order valence-electron chi connectivity index (χ3n) is 2.21. The fourth-order valence-electron chi connectivity index (χ4n) is 1.46. The number of hydrogen-bond donors (Lipinski definition) is 2. The number of aromatic nitrogens is 2. The number of aliphatic hydroxyl groups excluding tert-OH is 1. The van der Waals surface area contributed by atoms with Crippen LogP contribution in [0.2, 0.25) is 0 Å². The summed E-state index contributed by atoms with van der Waals surface area (Å²) in [4.78, 5) is 2.22. The smallest absolute Gasteiger partial charge is 0.0640 e. The quantitative estimate of drug-likeness (QED) is 0.648. The van der Waals surface area contributed by atoms with Crippen LogP contribution in [0.1, 0.15) is 12.0 Å². The van der Waals surface area contributed by atoms with E-state index in [2.05, 4.69) is 17.0 Å². The molecule has 5 heteroatoms.